The first-order valence-electron chi connectivity index (χ1n) is 22.4. The van der Waals surface area contributed by atoms with E-state index in [4.69, 9.17) is 54.1 Å². The van der Waals surface area contributed by atoms with Crippen molar-refractivity contribution < 1.29 is 42.6 Å². The summed E-state index contributed by atoms with van der Waals surface area (Å²) in [5.41, 5.74) is 20.2. The summed E-state index contributed by atoms with van der Waals surface area (Å²) in [6.45, 7) is 2.10. The minimum Gasteiger partial charge on any atom is -0.374 e. The normalized spacial score (nSPS) is 25.6. The second-order valence-corrected chi connectivity index (χ2v) is 16.4. The highest BCUT2D eigenvalue weighted by Gasteiger charge is 2.52. The largest absolute Gasteiger partial charge is 0.374 e. The maximum atomic E-state index is 7.15. The molecule has 0 spiro atoms. The van der Waals surface area contributed by atoms with E-state index in [0.29, 0.717) is 13.2 Å². The fraction of sp³-hybridized carbons (Fsp3) is 0.333. The molecule has 0 bridgehead atoms. The average Bonchev–Trinajstić information content (AvgIpc) is 3.36. The molecule has 0 amide bonds. The molecule has 11 heteroatoms. The minimum atomic E-state index is -1.08. The highest BCUT2D eigenvalue weighted by Crippen LogP contribution is 2.34. The number of hydrogen-bond donors (Lipinski definition) is 2. The second kappa shape index (κ2) is 24.4. The van der Waals surface area contributed by atoms with Gasteiger partial charge in [-0.25, -0.2) is 0 Å². The molecule has 6 aromatic rings. The van der Waals surface area contributed by atoms with Crippen molar-refractivity contribution >= 4 is 0 Å². The third kappa shape index (κ3) is 13.5. The quantitative estimate of drug-likeness (QED) is 0.0690. The van der Waals surface area contributed by atoms with Crippen molar-refractivity contribution in [2.75, 3.05) is 13.2 Å². The van der Waals surface area contributed by atoms with Gasteiger partial charge in [0.05, 0.1) is 64.9 Å². The van der Waals surface area contributed by atoms with E-state index in [1.165, 1.54) is 0 Å². The Balaban J connectivity index is 1.12. The van der Waals surface area contributed by atoms with Crippen molar-refractivity contribution in [1.82, 2.24) is 0 Å². The van der Waals surface area contributed by atoms with E-state index in [2.05, 4.69) is 0 Å². The van der Waals surface area contributed by atoms with Gasteiger partial charge in [-0.05, 0) is 33.4 Å². The summed E-state index contributed by atoms with van der Waals surface area (Å²) in [5, 5.41) is 0. The van der Waals surface area contributed by atoms with E-state index in [0.717, 1.165) is 33.4 Å². The number of hydrogen-bond acceptors (Lipinski definition) is 11. The first kappa shape index (κ1) is 46.4. The van der Waals surface area contributed by atoms with Gasteiger partial charge in [-0.2, -0.15) is 0 Å². The lowest BCUT2D eigenvalue weighted by Gasteiger charge is -2.49. The van der Waals surface area contributed by atoms with Crippen molar-refractivity contribution in [3.05, 3.63) is 215 Å². The summed E-state index contributed by atoms with van der Waals surface area (Å²) < 4.78 is 60.6. The van der Waals surface area contributed by atoms with Gasteiger partial charge in [0.15, 0.2) is 12.6 Å². The second-order valence-electron chi connectivity index (χ2n) is 16.4. The Bertz CT molecular complexity index is 2050. The zero-order valence-electron chi connectivity index (χ0n) is 36.6. The highest BCUT2D eigenvalue weighted by molar-refractivity contribution is 5.18. The number of ether oxygens (including phenoxy) is 9. The summed E-state index contributed by atoms with van der Waals surface area (Å²) in [5.74, 6) is 0. The van der Waals surface area contributed by atoms with Crippen LogP contribution in [0.1, 0.15) is 33.4 Å². The molecule has 0 aliphatic carbocycles. The van der Waals surface area contributed by atoms with E-state index in [9.17, 15) is 0 Å². The van der Waals surface area contributed by atoms with Gasteiger partial charge in [-0.15, -0.1) is 0 Å². The summed E-state index contributed by atoms with van der Waals surface area (Å²) >= 11 is 0. The van der Waals surface area contributed by atoms with Crippen LogP contribution in [0.15, 0.2) is 182 Å². The standard InChI is InChI=1S/C54H60N2O9/c55-47-45(37-57-31-39-19-7-1-8-20-39)63-53(51(61-35-43-27-15-5-16-28-43)49(47)59-33-41-23-11-3-12-24-41)65-54-52(62-36-44-29-17-6-18-30-44)50(60-34-42-25-13-4-14-26-42)48(56)46(64-54)38-58-32-40-21-9-2-10-22-40/h1-30,45-54H,31-38,55-56H2/t45-,46-,47+,48+,49+,50+,51-,52-,53-,54-/m1/s1. The monoisotopic (exact) mass is 880 g/mol. The van der Waals surface area contributed by atoms with Crippen molar-refractivity contribution in [2.45, 2.75) is 101 Å². The van der Waals surface area contributed by atoms with Crippen LogP contribution >= 0.6 is 0 Å². The van der Waals surface area contributed by atoms with Gasteiger partial charge in [0.2, 0.25) is 0 Å². The van der Waals surface area contributed by atoms with Crippen LogP contribution in [0.4, 0.5) is 0 Å². The molecule has 6 aromatic carbocycles. The van der Waals surface area contributed by atoms with E-state index in [-0.39, 0.29) is 39.6 Å². The number of benzene rings is 6. The molecule has 2 aliphatic rings. The molecule has 0 saturated carbocycles. The van der Waals surface area contributed by atoms with Crippen LogP contribution in [0.5, 0.6) is 0 Å². The Morgan fingerprint density at radius 1 is 0.323 bits per heavy atom. The molecule has 8 rings (SSSR count). The molecule has 340 valence electrons. The zero-order valence-corrected chi connectivity index (χ0v) is 36.6. The molecule has 0 unspecified atom stereocenters. The molecular weight excluding hydrogens is 821 g/mol. The predicted molar refractivity (Wildman–Crippen MR) is 247 cm³/mol. The predicted octanol–water partition coefficient (Wildman–Crippen LogP) is 7.88. The maximum absolute atomic E-state index is 7.15. The van der Waals surface area contributed by atoms with Crippen LogP contribution in [0.3, 0.4) is 0 Å². The van der Waals surface area contributed by atoms with Crippen LogP contribution in [-0.4, -0.2) is 74.5 Å². The van der Waals surface area contributed by atoms with Gasteiger partial charge >= 0.3 is 0 Å². The third-order valence-corrected chi connectivity index (χ3v) is 11.6. The fourth-order valence-electron chi connectivity index (χ4n) is 8.06. The SMILES string of the molecule is N[C@@H]1[C@H](OCc2ccccc2)[C@@H](OCc2ccccc2)[C@@H](O[C@H]2O[C@H](COCc3ccccc3)[C@H](N)[C@H](OCc3ccccc3)[C@H]2OCc2ccccc2)O[C@@H]1COCc1ccccc1. The Labute approximate surface area is 382 Å². The first-order valence-corrected chi connectivity index (χ1v) is 22.4. The lowest BCUT2D eigenvalue weighted by molar-refractivity contribution is -0.374. The summed E-state index contributed by atoms with van der Waals surface area (Å²) in [6, 6.07) is 58.4. The van der Waals surface area contributed by atoms with E-state index >= 15 is 0 Å². The van der Waals surface area contributed by atoms with Gasteiger partial charge in [-0.1, -0.05) is 182 Å². The fourth-order valence-corrected chi connectivity index (χ4v) is 8.06. The number of nitrogens with two attached hydrogens (primary N) is 2. The molecule has 2 heterocycles. The smallest absolute Gasteiger partial charge is 0.190 e. The van der Waals surface area contributed by atoms with E-state index in [1.54, 1.807) is 0 Å². The van der Waals surface area contributed by atoms with E-state index < -0.39 is 61.3 Å². The molecule has 2 saturated heterocycles. The van der Waals surface area contributed by atoms with Gasteiger partial charge in [-0.3, -0.25) is 0 Å². The van der Waals surface area contributed by atoms with Crippen LogP contribution in [-0.2, 0) is 82.3 Å². The van der Waals surface area contributed by atoms with Crippen molar-refractivity contribution in [3.8, 4) is 0 Å². The Morgan fingerprint density at radius 2 is 0.569 bits per heavy atom. The Hall–Kier alpha value is -5.12. The summed E-state index contributed by atoms with van der Waals surface area (Å²) in [6.07, 6.45) is -6.54. The molecule has 11 nitrogen and oxygen atoms in total. The lowest BCUT2D eigenvalue weighted by Crippen LogP contribution is -2.68. The van der Waals surface area contributed by atoms with Gasteiger partial charge in [0, 0.05) is 0 Å². The van der Waals surface area contributed by atoms with Crippen LogP contribution in [0.2, 0.25) is 0 Å². The topological polar surface area (TPSA) is 135 Å². The molecule has 10 atom stereocenters. The van der Waals surface area contributed by atoms with Gasteiger partial charge < -0.3 is 54.1 Å². The molecular formula is C54H60N2O9. The molecule has 4 N–H and O–H groups in total. The highest BCUT2D eigenvalue weighted by atomic mass is 16.8. The summed E-state index contributed by atoms with van der Waals surface area (Å²) in [4.78, 5) is 0. The zero-order chi connectivity index (χ0) is 44.5. The van der Waals surface area contributed by atoms with Crippen molar-refractivity contribution in [2.24, 2.45) is 11.5 Å². The summed E-state index contributed by atoms with van der Waals surface area (Å²) in [7, 11) is 0. The van der Waals surface area contributed by atoms with Crippen molar-refractivity contribution in [1.29, 1.82) is 0 Å². The van der Waals surface area contributed by atoms with Crippen LogP contribution in [0.25, 0.3) is 0 Å². The Morgan fingerprint density at radius 3 is 0.846 bits per heavy atom. The molecule has 0 aromatic heterocycles. The molecule has 0 radical (unpaired) electrons. The van der Waals surface area contributed by atoms with Crippen LogP contribution in [0, 0.1) is 0 Å². The van der Waals surface area contributed by atoms with Gasteiger partial charge in [0.1, 0.15) is 36.6 Å². The first-order chi connectivity index (χ1) is 32.1. The Kier molecular flexibility index (Phi) is 17.4. The average molecular weight is 881 g/mol. The lowest BCUT2D eigenvalue weighted by atomic mass is 9.95. The van der Waals surface area contributed by atoms with E-state index in [1.807, 2.05) is 182 Å². The molecule has 2 aliphatic heterocycles. The molecule has 2 fully saturated rings. The maximum Gasteiger partial charge on any atom is 0.190 e. The van der Waals surface area contributed by atoms with Crippen molar-refractivity contribution in [3.63, 3.8) is 0 Å². The third-order valence-electron chi connectivity index (χ3n) is 11.6. The van der Waals surface area contributed by atoms with Crippen LogP contribution < -0.4 is 11.5 Å². The van der Waals surface area contributed by atoms with Gasteiger partial charge in [0.25, 0.3) is 0 Å². The number of rotatable bonds is 22. The molecule has 65 heavy (non-hydrogen) atoms. The minimum absolute atomic E-state index is 0.162.